The molecule has 120 valence electrons. The lowest BCUT2D eigenvalue weighted by Crippen LogP contribution is -2.34. The molecule has 0 bridgehead atoms. The Hall–Kier alpha value is -1.62. The molecule has 0 N–H and O–H groups in total. The molecule has 4 nitrogen and oxygen atoms in total. The normalized spacial score (nSPS) is 12.6. The molecule has 0 spiro atoms. The number of hydrogen-bond acceptors (Lipinski definition) is 3. The predicted octanol–water partition coefficient (Wildman–Crippen LogP) is 3.89. The lowest BCUT2D eigenvalue weighted by Gasteiger charge is -2.26. The van der Waals surface area contributed by atoms with Gasteiger partial charge in [-0.25, -0.2) is 4.98 Å². The molecule has 2 aromatic rings. The zero-order chi connectivity index (χ0) is 16.1. The van der Waals surface area contributed by atoms with Gasteiger partial charge in [-0.1, -0.05) is 13.8 Å². The number of aromatic nitrogens is 2. The summed E-state index contributed by atoms with van der Waals surface area (Å²) in [6.45, 7) is 9.85. The molecule has 2 heterocycles. The topological polar surface area (TPSA) is 38.1 Å². The zero-order valence-corrected chi connectivity index (χ0v) is 14.6. The quantitative estimate of drug-likeness (QED) is 0.776. The number of aryl methyl sites for hydroxylation is 1. The van der Waals surface area contributed by atoms with E-state index in [1.54, 1.807) is 17.5 Å². The van der Waals surface area contributed by atoms with Crippen LogP contribution in [0.1, 0.15) is 44.6 Å². The smallest absolute Gasteiger partial charge is 0.224 e. The van der Waals surface area contributed by atoms with Gasteiger partial charge >= 0.3 is 0 Å². The fourth-order valence-electron chi connectivity index (χ4n) is 2.63. The van der Waals surface area contributed by atoms with E-state index < -0.39 is 0 Å². The van der Waals surface area contributed by atoms with Crippen LogP contribution in [0, 0.1) is 12.8 Å². The van der Waals surface area contributed by atoms with Crippen molar-refractivity contribution in [3.8, 4) is 0 Å². The summed E-state index contributed by atoms with van der Waals surface area (Å²) in [5.41, 5.74) is 1.21. The number of carbonyl (C=O) groups is 1. The maximum absolute atomic E-state index is 12.7. The van der Waals surface area contributed by atoms with Crippen LogP contribution in [0.2, 0.25) is 0 Å². The number of nitrogens with zero attached hydrogens (tertiary/aromatic N) is 3. The van der Waals surface area contributed by atoms with Gasteiger partial charge in [0.25, 0.3) is 0 Å². The van der Waals surface area contributed by atoms with Gasteiger partial charge in [-0.2, -0.15) is 11.3 Å². The molecular formula is C17H25N3OS. The standard InChI is InChI=1S/C17H25N3OS/c1-13(2)10-19(11-16-5-8-22-12-16)17(21)9-14(3)20-7-6-18-15(20)4/h5-8,12-14H,9-11H2,1-4H3/t14-/m0/s1. The Labute approximate surface area is 136 Å². The van der Waals surface area contributed by atoms with Crippen molar-refractivity contribution in [3.63, 3.8) is 0 Å². The first-order chi connectivity index (χ1) is 10.5. The molecule has 0 saturated heterocycles. The molecule has 1 atom stereocenters. The number of thiophene rings is 1. The summed E-state index contributed by atoms with van der Waals surface area (Å²) >= 11 is 1.68. The highest BCUT2D eigenvalue weighted by Crippen LogP contribution is 2.17. The van der Waals surface area contributed by atoms with Crippen LogP contribution in [0.3, 0.4) is 0 Å². The van der Waals surface area contributed by atoms with Crippen LogP contribution in [0.5, 0.6) is 0 Å². The van der Waals surface area contributed by atoms with Gasteiger partial charge in [0.15, 0.2) is 0 Å². The number of imidazole rings is 1. The molecule has 22 heavy (non-hydrogen) atoms. The van der Waals surface area contributed by atoms with Crippen LogP contribution < -0.4 is 0 Å². The first-order valence-electron chi connectivity index (χ1n) is 7.75. The maximum atomic E-state index is 12.7. The molecule has 0 fully saturated rings. The average Bonchev–Trinajstić information content (AvgIpc) is 3.08. The Bertz CT molecular complexity index is 589. The summed E-state index contributed by atoms with van der Waals surface area (Å²) in [5.74, 6) is 1.63. The van der Waals surface area contributed by atoms with E-state index in [4.69, 9.17) is 0 Å². The van der Waals surface area contributed by atoms with Gasteiger partial charge in [0.05, 0.1) is 0 Å². The summed E-state index contributed by atoms with van der Waals surface area (Å²) in [7, 11) is 0. The van der Waals surface area contributed by atoms with Crippen LogP contribution in [-0.2, 0) is 11.3 Å². The number of hydrogen-bond donors (Lipinski definition) is 0. The molecule has 2 aromatic heterocycles. The van der Waals surface area contributed by atoms with Gasteiger partial charge < -0.3 is 9.47 Å². The number of carbonyl (C=O) groups excluding carboxylic acids is 1. The number of rotatable bonds is 7. The molecule has 2 rings (SSSR count). The largest absolute Gasteiger partial charge is 0.338 e. The zero-order valence-electron chi connectivity index (χ0n) is 13.8. The highest BCUT2D eigenvalue weighted by molar-refractivity contribution is 7.07. The minimum atomic E-state index is 0.132. The Balaban J connectivity index is 2.03. The van der Waals surface area contributed by atoms with E-state index in [0.717, 1.165) is 12.4 Å². The van der Waals surface area contributed by atoms with Crippen LogP contribution >= 0.6 is 11.3 Å². The Morgan fingerprint density at radius 1 is 1.41 bits per heavy atom. The molecule has 0 radical (unpaired) electrons. The summed E-state index contributed by atoms with van der Waals surface area (Å²) in [6.07, 6.45) is 4.24. The fraction of sp³-hybridized carbons (Fsp3) is 0.529. The van der Waals surface area contributed by atoms with Gasteiger partial charge in [0.2, 0.25) is 5.91 Å². The third-order valence-corrected chi connectivity index (χ3v) is 4.43. The second kappa shape index (κ2) is 7.58. The minimum absolute atomic E-state index is 0.132. The lowest BCUT2D eigenvalue weighted by molar-refractivity contribution is -0.133. The third-order valence-electron chi connectivity index (χ3n) is 3.70. The van der Waals surface area contributed by atoms with E-state index in [2.05, 4.69) is 47.1 Å². The SMILES string of the molecule is Cc1nccn1[C@@H](C)CC(=O)N(Cc1ccsc1)CC(C)C. The minimum Gasteiger partial charge on any atom is -0.338 e. The van der Waals surface area contributed by atoms with E-state index in [1.807, 2.05) is 18.0 Å². The van der Waals surface area contributed by atoms with E-state index >= 15 is 0 Å². The van der Waals surface area contributed by atoms with Crippen molar-refractivity contribution in [1.29, 1.82) is 0 Å². The highest BCUT2D eigenvalue weighted by atomic mass is 32.1. The average molecular weight is 319 g/mol. The maximum Gasteiger partial charge on any atom is 0.224 e. The molecule has 0 aliphatic heterocycles. The van der Waals surface area contributed by atoms with Crippen molar-refractivity contribution in [2.45, 2.75) is 46.7 Å². The van der Waals surface area contributed by atoms with Gasteiger partial charge in [-0.15, -0.1) is 0 Å². The first-order valence-corrected chi connectivity index (χ1v) is 8.70. The summed E-state index contributed by atoms with van der Waals surface area (Å²) < 4.78 is 2.07. The molecule has 0 aliphatic rings. The summed E-state index contributed by atoms with van der Waals surface area (Å²) in [6, 6.07) is 2.22. The van der Waals surface area contributed by atoms with E-state index in [1.165, 1.54) is 5.56 Å². The molecule has 0 saturated carbocycles. The third kappa shape index (κ3) is 4.44. The van der Waals surface area contributed by atoms with Crippen molar-refractivity contribution in [3.05, 3.63) is 40.6 Å². The fourth-order valence-corrected chi connectivity index (χ4v) is 3.29. The van der Waals surface area contributed by atoms with Gasteiger partial charge in [-0.3, -0.25) is 4.79 Å². The molecular weight excluding hydrogens is 294 g/mol. The van der Waals surface area contributed by atoms with E-state index in [0.29, 0.717) is 18.9 Å². The van der Waals surface area contributed by atoms with Crippen LogP contribution in [0.15, 0.2) is 29.2 Å². The van der Waals surface area contributed by atoms with Gasteiger partial charge in [-0.05, 0) is 42.2 Å². The van der Waals surface area contributed by atoms with E-state index in [9.17, 15) is 4.79 Å². The van der Waals surface area contributed by atoms with Crippen molar-refractivity contribution in [2.24, 2.45) is 5.92 Å². The van der Waals surface area contributed by atoms with Crippen LogP contribution in [0.4, 0.5) is 0 Å². The Kier molecular flexibility index (Phi) is 5.77. The Morgan fingerprint density at radius 2 is 2.18 bits per heavy atom. The Morgan fingerprint density at radius 3 is 2.73 bits per heavy atom. The lowest BCUT2D eigenvalue weighted by atomic mass is 10.1. The predicted molar refractivity (Wildman–Crippen MR) is 90.9 cm³/mol. The second-order valence-corrected chi connectivity index (χ2v) is 7.01. The van der Waals surface area contributed by atoms with Crippen molar-refractivity contribution in [2.75, 3.05) is 6.54 Å². The molecule has 0 aliphatic carbocycles. The molecule has 5 heteroatoms. The van der Waals surface area contributed by atoms with Gasteiger partial charge in [0, 0.05) is 37.9 Å². The molecule has 0 aromatic carbocycles. The van der Waals surface area contributed by atoms with Gasteiger partial charge in [0.1, 0.15) is 5.82 Å². The summed E-state index contributed by atoms with van der Waals surface area (Å²) in [4.78, 5) is 18.9. The molecule has 0 unspecified atom stereocenters. The van der Waals surface area contributed by atoms with E-state index in [-0.39, 0.29) is 11.9 Å². The second-order valence-electron chi connectivity index (χ2n) is 6.23. The van der Waals surface area contributed by atoms with Crippen molar-refractivity contribution >= 4 is 17.2 Å². The van der Waals surface area contributed by atoms with Crippen LogP contribution in [-0.4, -0.2) is 26.9 Å². The number of amides is 1. The van der Waals surface area contributed by atoms with Crippen molar-refractivity contribution in [1.82, 2.24) is 14.5 Å². The highest BCUT2D eigenvalue weighted by Gasteiger charge is 2.19. The van der Waals surface area contributed by atoms with Crippen molar-refractivity contribution < 1.29 is 4.79 Å². The monoisotopic (exact) mass is 319 g/mol. The van der Waals surface area contributed by atoms with Crippen LogP contribution in [0.25, 0.3) is 0 Å². The molecule has 1 amide bonds. The first kappa shape index (κ1) is 16.7. The summed E-state index contributed by atoms with van der Waals surface area (Å²) in [5, 5.41) is 4.18.